The molecular formula is C20H17F9N2O5S. The minimum atomic E-state index is -7.53. The number of nitrogens with zero attached hydrogens (tertiary/aromatic N) is 2. The Morgan fingerprint density at radius 2 is 1.57 bits per heavy atom. The smallest absolute Gasteiger partial charge is 0.460 e. The van der Waals surface area contributed by atoms with Gasteiger partial charge in [-0.15, -0.1) is 0 Å². The van der Waals surface area contributed by atoms with Crippen LogP contribution < -0.4 is 4.18 Å². The summed E-state index contributed by atoms with van der Waals surface area (Å²) < 4.78 is 153. The molecule has 0 aliphatic rings. The predicted molar refractivity (Wildman–Crippen MR) is 108 cm³/mol. The highest BCUT2D eigenvalue weighted by Gasteiger charge is 2.86. The Morgan fingerprint density at radius 1 is 0.973 bits per heavy atom. The van der Waals surface area contributed by atoms with E-state index in [2.05, 4.69) is 14.2 Å². The highest BCUT2D eigenvalue weighted by atomic mass is 32.2. The lowest BCUT2D eigenvalue weighted by Crippen LogP contribution is -2.63. The van der Waals surface area contributed by atoms with Gasteiger partial charge in [0.05, 0.1) is 23.7 Å². The first-order valence-corrected chi connectivity index (χ1v) is 11.4. The second kappa shape index (κ2) is 9.98. The quantitative estimate of drug-likeness (QED) is 0.222. The summed E-state index contributed by atoms with van der Waals surface area (Å²) in [6.45, 7) is 3.70. The number of carbonyl (C=O) groups is 1. The van der Waals surface area contributed by atoms with Gasteiger partial charge in [-0.1, -0.05) is 19.9 Å². The van der Waals surface area contributed by atoms with Crippen molar-refractivity contribution >= 4 is 16.1 Å². The van der Waals surface area contributed by atoms with Crippen LogP contribution >= 0.6 is 0 Å². The summed E-state index contributed by atoms with van der Waals surface area (Å²) in [4.78, 5) is 20.5. The van der Waals surface area contributed by atoms with Crippen molar-refractivity contribution in [1.29, 1.82) is 0 Å². The number of rotatable bonds is 9. The molecule has 0 radical (unpaired) electrons. The summed E-state index contributed by atoms with van der Waals surface area (Å²) in [5, 5.41) is -7.14. The van der Waals surface area contributed by atoms with E-state index in [0.29, 0.717) is 6.07 Å². The van der Waals surface area contributed by atoms with Gasteiger partial charge >= 0.3 is 39.4 Å². The largest absolute Gasteiger partial charge is 0.462 e. The number of halogens is 9. The molecule has 0 bridgehead atoms. The van der Waals surface area contributed by atoms with Crippen LogP contribution in [-0.2, 0) is 14.9 Å². The predicted octanol–water partition coefficient (Wildman–Crippen LogP) is 5.58. The summed E-state index contributed by atoms with van der Waals surface area (Å²) in [5.74, 6) is -18.7. The Kier molecular flexibility index (Phi) is 8.12. The van der Waals surface area contributed by atoms with Crippen LogP contribution in [0.5, 0.6) is 5.75 Å². The summed E-state index contributed by atoms with van der Waals surface area (Å²) in [5.41, 5.74) is -1.76. The maximum Gasteiger partial charge on any atom is 0.460 e. The van der Waals surface area contributed by atoms with E-state index in [-0.39, 0.29) is 23.7 Å². The number of aromatic nitrogens is 2. The molecule has 0 N–H and O–H groups in total. The van der Waals surface area contributed by atoms with Crippen molar-refractivity contribution in [3.63, 3.8) is 0 Å². The minimum Gasteiger partial charge on any atom is -0.462 e. The molecule has 0 aliphatic heterocycles. The van der Waals surface area contributed by atoms with Gasteiger partial charge in [-0.2, -0.15) is 47.9 Å². The van der Waals surface area contributed by atoms with Crippen LogP contribution in [0.4, 0.5) is 39.5 Å². The van der Waals surface area contributed by atoms with Gasteiger partial charge in [-0.05, 0) is 25.0 Å². The zero-order valence-electron chi connectivity index (χ0n) is 18.9. The lowest BCUT2D eigenvalue weighted by atomic mass is 10.0. The maximum atomic E-state index is 14.3. The first-order valence-electron chi connectivity index (χ1n) is 10.0. The highest BCUT2D eigenvalue weighted by Crippen LogP contribution is 2.55. The van der Waals surface area contributed by atoms with Gasteiger partial charge < -0.3 is 8.92 Å². The topological polar surface area (TPSA) is 95.5 Å². The van der Waals surface area contributed by atoms with Gasteiger partial charge in [-0.3, -0.25) is 4.98 Å². The van der Waals surface area contributed by atoms with Crippen LogP contribution in [0.3, 0.4) is 0 Å². The van der Waals surface area contributed by atoms with E-state index in [0.717, 1.165) is 0 Å². The van der Waals surface area contributed by atoms with E-state index in [1.54, 1.807) is 0 Å². The van der Waals surface area contributed by atoms with Gasteiger partial charge in [-0.25, -0.2) is 9.78 Å². The first kappa shape index (κ1) is 30.1. The molecule has 17 heteroatoms. The fraction of sp³-hybridized carbons (Fsp3) is 0.450. The van der Waals surface area contributed by atoms with E-state index < -0.39 is 56.6 Å². The molecule has 7 nitrogen and oxygen atoms in total. The summed E-state index contributed by atoms with van der Waals surface area (Å²) in [7, 11) is -7.35. The molecule has 0 fully saturated rings. The zero-order valence-corrected chi connectivity index (χ0v) is 19.7. The average molecular weight is 568 g/mol. The molecule has 0 unspecified atom stereocenters. The maximum absolute atomic E-state index is 14.3. The number of carbonyl (C=O) groups excluding carboxylic acids is 1. The summed E-state index contributed by atoms with van der Waals surface area (Å²) in [6, 6.07) is 4.60. The highest BCUT2D eigenvalue weighted by molar-refractivity contribution is 7.88. The lowest BCUT2D eigenvalue weighted by molar-refractivity contribution is -0.382. The van der Waals surface area contributed by atoms with E-state index in [4.69, 9.17) is 4.74 Å². The van der Waals surface area contributed by atoms with Gasteiger partial charge in [0, 0.05) is 12.3 Å². The SMILES string of the molecule is CCOC(=O)c1c(OS(=O)(=O)C(F)(F)C(F)(F)C(F)(F)C(F)(F)F)cc(-c2ccccn2)nc1C(C)C. The van der Waals surface area contributed by atoms with Crippen LogP contribution in [0.2, 0.25) is 0 Å². The Hall–Kier alpha value is -3.11. The Balaban J connectivity index is 2.81. The molecule has 0 amide bonds. The van der Waals surface area contributed by atoms with Crippen molar-refractivity contribution in [1.82, 2.24) is 9.97 Å². The number of pyridine rings is 2. The van der Waals surface area contributed by atoms with Crippen LogP contribution in [0.25, 0.3) is 11.4 Å². The first-order chi connectivity index (χ1) is 16.7. The molecule has 2 heterocycles. The third-order valence-electron chi connectivity index (χ3n) is 4.59. The van der Waals surface area contributed by atoms with Crippen molar-refractivity contribution in [3.05, 3.63) is 41.7 Å². The Labute approximate surface area is 203 Å². The van der Waals surface area contributed by atoms with Crippen molar-refractivity contribution in [2.45, 2.75) is 50.0 Å². The van der Waals surface area contributed by atoms with Crippen molar-refractivity contribution in [3.8, 4) is 17.1 Å². The minimum absolute atomic E-state index is 0.0669. The molecule has 0 saturated carbocycles. The lowest BCUT2D eigenvalue weighted by Gasteiger charge is -2.32. The number of alkyl halides is 9. The number of esters is 1. The zero-order chi connectivity index (χ0) is 28.6. The Morgan fingerprint density at radius 3 is 2.03 bits per heavy atom. The van der Waals surface area contributed by atoms with Gasteiger partial charge in [0.2, 0.25) is 0 Å². The molecule has 0 aliphatic carbocycles. The van der Waals surface area contributed by atoms with Crippen LogP contribution in [0.1, 0.15) is 42.7 Å². The van der Waals surface area contributed by atoms with E-state index in [1.165, 1.54) is 45.2 Å². The van der Waals surface area contributed by atoms with Crippen LogP contribution in [0, 0.1) is 0 Å². The van der Waals surface area contributed by atoms with Crippen LogP contribution in [0.15, 0.2) is 30.5 Å². The monoisotopic (exact) mass is 568 g/mol. The third kappa shape index (κ3) is 5.31. The van der Waals surface area contributed by atoms with Gasteiger partial charge in [0.25, 0.3) is 0 Å². The molecule has 0 atom stereocenters. The number of hydrogen-bond donors (Lipinski definition) is 0. The number of hydrogen-bond acceptors (Lipinski definition) is 7. The Bertz CT molecular complexity index is 1250. The van der Waals surface area contributed by atoms with Crippen molar-refractivity contribution in [2.24, 2.45) is 0 Å². The third-order valence-corrected chi connectivity index (χ3v) is 5.88. The molecule has 2 aromatic heterocycles. The molecule has 0 saturated heterocycles. The second-order valence-electron chi connectivity index (χ2n) is 7.56. The summed E-state index contributed by atoms with van der Waals surface area (Å²) in [6.07, 6.45) is -6.05. The fourth-order valence-electron chi connectivity index (χ4n) is 2.77. The van der Waals surface area contributed by atoms with Crippen LogP contribution in [-0.4, -0.2) is 54.2 Å². The molecule has 2 rings (SSSR count). The standard InChI is InChI=1S/C20H17F9N2O5S/c1-4-35-16(32)14-13(9-12(31-15(14)10(2)3)11-7-5-6-8-30-11)36-37(33,34)20(28,29)18(23,24)17(21,22)19(25,26)27/h5-10H,4H2,1-3H3. The summed E-state index contributed by atoms with van der Waals surface area (Å²) >= 11 is 0. The van der Waals surface area contributed by atoms with Crippen molar-refractivity contribution in [2.75, 3.05) is 6.61 Å². The van der Waals surface area contributed by atoms with E-state index in [9.17, 15) is 52.7 Å². The number of ether oxygens (including phenoxy) is 1. The molecule has 206 valence electrons. The fourth-order valence-corrected chi connectivity index (χ4v) is 3.68. The molecule has 37 heavy (non-hydrogen) atoms. The second-order valence-corrected chi connectivity index (χ2v) is 9.14. The van der Waals surface area contributed by atoms with Gasteiger partial charge in [0.1, 0.15) is 5.56 Å². The van der Waals surface area contributed by atoms with E-state index >= 15 is 0 Å². The molecular weight excluding hydrogens is 551 g/mol. The van der Waals surface area contributed by atoms with Gasteiger partial charge in [0.15, 0.2) is 5.75 Å². The van der Waals surface area contributed by atoms with Crippen molar-refractivity contribution < 1.29 is 61.6 Å². The average Bonchev–Trinajstić information content (AvgIpc) is 2.77. The molecule has 0 aromatic carbocycles. The molecule has 2 aromatic rings. The normalized spacial score (nSPS) is 13.5. The molecule has 0 spiro atoms. The van der Waals surface area contributed by atoms with E-state index in [1.807, 2.05) is 0 Å².